The Morgan fingerprint density at radius 2 is 2.00 bits per heavy atom. The van der Waals surface area contributed by atoms with Crippen LogP contribution in [0.15, 0.2) is 42.5 Å². The van der Waals surface area contributed by atoms with E-state index in [0.29, 0.717) is 16.7 Å². The number of H-pyrrole nitrogens is 1. The molecule has 2 aromatic carbocycles. The lowest BCUT2D eigenvalue weighted by molar-refractivity contribution is -0.141. The number of urea groups is 1. The molecule has 3 rings (SSSR count). The van der Waals surface area contributed by atoms with Crippen molar-refractivity contribution in [2.75, 3.05) is 18.5 Å². The van der Waals surface area contributed by atoms with Crippen LogP contribution in [0.2, 0.25) is 0 Å². The lowest BCUT2D eigenvalue weighted by Crippen LogP contribution is -2.34. The van der Waals surface area contributed by atoms with Crippen molar-refractivity contribution in [1.29, 1.82) is 0 Å². The maximum Gasteiger partial charge on any atom is 0.325 e. The highest BCUT2D eigenvalue weighted by molar-refractivity contribution is 6.00. The van der Waals surface area contributed by atoms with Gasteiger partial charge in [-0.3, -0.25) is 15.2 Å². The summed E-state index contributed by atoms with van der Waals surface area (Å²) in [6, 6.07) is 11.1. The number of rotatable bonds is 5. The number of ether oxygens (including phenoxy) is 1. The van der Waals surface area contributed by atoms with E-state index in [1.54, 1.807) is 19.1 Å². The molecule has 0 aliphatic rings. The van der Waals surface area contributed by atoms with Crippen molar-refractivity contribution in [3.63, 3.8) is 0 Å². The molecule has 0 radical (unpaired) electrons. The second-order valence-corrected chi connectivity index (χ2v) is 5.46. The Morgan fingerprint density at radius 1 is 1.19 bits per heavy atom. The second kappa shape index (κ2) is 7.64. The molecule has 0 saturated carbocycles. The van der Waals surface area contributed by atoms with Gasteiger partial charge in [0.15, 0.2) is 5.82 Å². The Kier molecular flexibility index (Phi) is 5.12. The highest BCUT2D eigenvalue weighted by Gasteiger charge is 2.11. The number of halogens is 1. The van der Waals surface area contributed by atoms with Crippen molar-refractivity contribution in [3.8, 4) is 11.1 Å². The van der Waals surface area contributed by atoms with Gasteiger partial charge in [0.2, 0.25) is 0 Å². The van der Waals surface area contributed by atoms with Crippen LogP contribution in [-0.4, -0.2) is 35.3 Å². The normalized spacial score (nSPS) is 10.5. The zero-order valence-corrected chi connectivity index (χ0v) is 14.0. The molecule has 0 bridgehead atoms. The molecule has 3 aromatic rings. The topological polar surface area (TPSA) is 96.1 Å². The van der Waals surface area contributed by atoms with E-state index in [0.717, 1.165) is 11.1 Å². The van der Waals surface area contributed by atoms with Gasteiger partial charge in [0, 0.05) is 5.39 Å². The van der Waals surface area contributed by atoms with Gasteiger partial charge in [-0.1, -0.05) is 18.2 Å². The predicted octanol–water partition coefficient (Wildman–Crippen LogP) is 3.05. The van der Waals surface area contributed by atoms with Crippen LogP contribution < -0.4 is 10.6 Å². The summed E-state index contributed by atoms with van der Waals surface area (Å²) in [4.78, 5) is 23.1. The van der Waals surface area contributed by atoms with Crippen molar-refractivity contribution in [1.82, 2.24) is 15.5 Å². The van der Waals surface area contributed by atoms with Crippen molar-refractivity contribution in [2.45, 2.75) is 6.92 Å². The molecule has 0 fully saturated rings. The summed E-state index contributed by atoms with van der Waals surface area (Å²) in [5.74, 6) is -0.505. The van der Waals surface area contributed by atoms with Gasteiger partial charge in [0.25, 0.3) is 0 Å². The number of esters is 1. The van der Waals surface area contributed by atoms with E-state index in [4.69, 9.17) is 4.74 Å². The Bertz CT molecular complexity index is 955. The van der Waals surface area contributed by atoms with Crippen LogP contribution >= 0.6 is 0 Å². The molecule has 2 amide bonds. The summed E-state index contributed by atoms with van der Waals surface area (Å²) in [6.45, 7) is 1.71. The lowest BCUT2D eigenvalue weighted by atomic mass is 10.0. The summed E-state index contributed by atoms with van der Waals surface area (Å²) >= 11 is 0. The van der Waals surface area contributed by atoms with Crippen molar-refractivity contribution < 1.29 is 18.7 Å². The van der Waals surface area contributed by atoms with Gasteiger partial charge in [-0.15, -0.1) is 0 Å². The summed E-state index contributed by atoms with van der Waals surface area (Å²) < 4.78 is 18.1. The van der Waals surface area contributed by atoms with Gasteiger partial charge in [0.1, 0.15) is 12.4 Å². The fourth-order valence-corrected chi connectivity index (χ4v) is 2.48. The van der Waals surface area contributed by atoms with E-state index in [2.05, 4.69) is 20.8 Å². The highest BCUT2D eigenvalue weighted by Crippen LogP contribution is 2.27. The van der Waals surface area contributed by atoms with Crippen molar-refractivity contribution >= 4 is 28.7 Å². The van der Waals surface area contributed by atoms with Gasteiger partial charge < -0.3 is 10.1 Å². The second-order valence-electron chi connectivity index (χ2n) is 5.46. The van der Waals surface area contributed by atoms with Crippen LogP contribution in [0.5, 0.6) is 0 Å². The van der Waals surface area contributed by atoms with E-state index >= 15 is 0 Å². The largest absolute Gasteiger partial charge is 0.465 e. The van der Waals surface area contributed by atoms with Crippen LogP contribution in [0.4, 0.5) is 15.0 Å². The highest BCUT2D eigenvalue weighted by atomic mass is 19.1. The fourth-order valence-electron chi connectivity index (χ4n) is 2.48. The summed E-state index contributed by atoms with van der Waals surface area (Å²) in [7, 11) is 0. The van der Waals surface area contributed by atoms with E-state index in [-0.39, 0.29) is 19.0 Å². The third-order valence-corrected chi connectivity index (χ3v) is 3.65. The average Bonchev–Trinajstić information content (AvgIpc) is 3.02. The van der Waals surface area contributed by atoms with E-state index < -0.39 is 12.0 Å². The number of nitrogens with one attached hydrogen (secondary N) is 3. The zero-order chi connectivity index (χ0) is 18.5. The Labute approximate surface area is 148 Å². The molecular weight excluding hydrogens is 339 g/mol. The number of benzene rings is 2. The minimum absolute atomic E-state index is 0.230. The molecule has 0 aliphatic carbocycles. The minimum atomic E-state index is -0.569. The molecule has 1 heterocycles. The molecule has 1 aromatic heterocycles. The van der Waals surface area contributed by atoms with Crippen molar-refractivity contribution in [3.05, 3.63) is 48.3 Å². The molecule has 0 aliphatic heterocycles. The first-order chi connectivity index (χ1) is 12.6. The number of anilines is 1. The molecule has 26 heavy (non-hydrogen) atoms. The van der Waals surface area contributed by atoms with Gasteiger partial charge in [-0.2, -0.15) is 5.10 Å². The number of aromatic nitrogens is 2. The average molecular weight is 356 g/mol. The minimum Gasteiger partial charge on any atom is -0.465 e. The van der Waals surface area contributed by atoms with Crippen LogP contribution in [0.1, 0.15) is 6.92 Å². The van der Waals surface area contributed by atoms with Gasteiger partial charge >= 0.3 is 12.0 Å². The van der Waals surface area contributed by atoms with Crippen molar-refractivity contribution in [2.24, 2.45) is 0 Å². The molecule has 0 saturated heterocycles. The van der Waals surface area contributed by atoms with Gasteiger partial charge in [-0.05, 0) is 42.3 Å². The van der Waals surface area contributed by atoms with Gasteiger partial charge in [-0.25, -0.2) is 9.18 Å². The summed E-state index contributed by atoms with van der Waals surface area (Å²) in [5.41, 5.74) is 2.25. The SMILES string of the molecule is CCOC(=O)CNC(=O)Nc1n[nH]c2cc(-c3cccc(F)c3)ccc12. The molecule has 7 nitrogen and oxygen atoms in total. The quantitative estimate of drug-likeness (QED) is 0.612. The first-order valence-electron chi connectivity index (χ1n) is 8.01. The third-order valence-electron chi connectivity index (χ3n) is 3.65. The maximum atomic E-state index is 13.4. The standard InChI is InChI=1S/C18H17FN4O3/c1-2-26-16(24)10-20-18(25)21-17-14-7-6-12(9-15(14)22-23-17)11-4-3-5-13(19)8-11/h3-9H,2,10H2,1H3,(H3,20,21,22,23,25). The number of amides is 2. The number of hydrogen-bond donors (Lipinski definition) is 3. The molecule has 0 spiro atoms. The number of aromatic amines is 1. The summed E-state index contributed by atoms with van der Waals surface area (Å²) in [5, 5.41) is 12.5. The number of carbonyl (C=O) groups is 2. The zero-order valence-electron chi connectivity index (χ0n) is 14.0. The van der Waals surface area contributed by atoms with Crippen LogP contribution in [-0.2, 0) is 9.53 Å². The van der Waals surface area contributed by atoms with Crippen LogP contribution in [0, 0.1) is 5.82 Å². The first kappa shape index (κ1) is 17.4. The fraction of sp³-hybridized carbons (Fsp3) is 0.167. The number of hydrogen-bond acceptors (Lipinski definition) is 4. The molecule has 134 valence electrons. The number of fused-ring (bicyclic) bond motifs is 1. The van der Waals surface area contributed by atoms with Gasteiger partial charge in [0.05, 0.1) is 12.1 Å². The summed E-state index contributed by atoms with van der Waals surface area (Å²) in [6.07, 6.45) is 0. The van der Waals surface area contributed by atoms with E-state index in [1.165, 1.54) is 12.1 Å². The predicted molar refractivity (Wildman–Crippen MR) is 95.1 cm³/mol. The molecular formula is C18H17FN4O3. The Balaban J connectivity index is 1.73. The van der Waals surface area contributed by atoms with E-state index in [9.17, 15) is 14.0 Å². The number of nitrogens with zero attached hydrogens (tertiary/aromatic N) is 1. The van der Waals surface area contributed by atoms with Crippen LogP contribution in [0.25, 0.3) is 22.0 Å². The smallest absolute Gasteiger partial charge is 0.325 e. The molecule has 8 heteroatoms. The van der Waals surface area contributed by atoms with E-state index in [1.807, 2.05) is 18.2 Å². The molecule has 0 unspecified atom stereocenters. The molecule has 3 N–H and O–H groups in total. The van der Waals surface area contributed by atoms with Crippen LogP contribution in [0.3, 0.4) is 0 Å². The Hall–Kier alpha value is -3.42. The third kappa shape index (κ3) is 3.97. The first-order valence-corrected chi connectivity index (χ1v) is 8.01. The number of carbonyl (C=O) groups excluding carboxylic acids is 2. The Morgan fingerprint density at radius 3 is 2.77 bits per heavy atom. The molecule has 0 atom stereocenters. The monoisotopic (exact) mass is 356 g/mol. The lowest BCUT2D eigenvalue weighted by Gasteiger charge is -2.06. The maximum absolute atomic E-state index is 13.4.